The molecule has 0 amide bonds. The molecule has 2 atom stereocenters. The predicted octanol–water partition coefficient (Wildman–Crippen LogP) is 4.68. The van der Waals surface area contributed by atoms with Crippen molar-refractivity contribution in [1.82, 2.24) is 15.3 Å². The van der Waals surface area contributed by atoms with Gasteiger partial charge in [0.15, 0.2) is 5.78 Å². The fourth-order valence-corrected chi connectivity index (χ4v) is 6.17. The van der Waals surface area contributed by atoms with E-state index in [0.717, 1.165) is 12.1 Å². The van der Waals surface area contributed by atoms with E-state index in [-0.39, 0.29) is 23.5 Å². The van der Waals surface area contributed by atoms with Gasteiger partial charge in [-0.15, -0.1) is 0 Å². The van der Waals surface area contributed by atoms with E-state index in [0.29, 0.717) is 53.5 Å². The number of nitrogens with two attached hydrogens (primary N) is 1. The molecule has 1 saturated heterocycles. The van der Waals surface area contributed by atoms with Crippen LogP contribution in [0.5, 0.6) is 0 Å². The number of hydrogen-bond donors (Lipinski definition) is 6. The maximum Gasteiger partial charge on any atom is 0.416 e. The number of anilines is 3. The second-order valence-corrected chi connectivity index (χ2v) is 12.1. The monoisotopic (exact) mass is 582 g/mol. The first-order valence-corrected chi connectivity index (χ1v) is 14.4. The summed E-state index contributed by atoms with van der Waals surface area (Å²) >= 11 is 0. The van der Waals surface area contributed by atoms with Crippen LogP contribution in [0.3, 0.4) is 0 Å². The molecule has 0 aliphatic carbocycles. The van der Waals surface area contributed by atoms with E-state index in [4.69, 9.17) is 10.5 Å². The lowest BCUT2D eigenvalue weighted by molar-refractivity contribution is -0.137. The van der Waals surface area contributed by atoms with E-state index in [9.17, 15) is 27.1 Å². The second kappa shape index (κ2) is 11.7. The Bertz CT molecular complexity index is 1410. The maximum absolute atomic E-state index is 13.6. The lowest BCUT2D eigenvalue weighted by atomic mass is 10.0. The van der Waals surface area contributed by atoms with Crippen LogP contribution < -0.4 is 21.7 Å². The van der Waals surface area contributed by atoms with Crippen molar-refractivity contribution in [3.63, 3.8) is 0 Å². The SMILES string of the molecule is COCCNc1cc2c(N[C@H](C)c3cc(N)cc(C(F)(F)F)c3)nc(C)nc2cc1C(=O)[C@H]1CNCCS1(O)O. The number of hydrogen-bond acceptors (Lipinski definition) is 10. The average molecular weight is 583 g/mol. The number of nitrogen functional groups attached to an aromatic ring is 1. The molecule has 3 aromatic rings. The van der Waals surface area contributed by atoms with Gasteiger partial charge in [-0.1, -0.05) is 0 Å². The summed E-state index contributed by atoms with van der Waals surface area (Å²) in [6.45, 7) is 4.58. The minimum absolute atomic E-state index is 0.0156. The van der Waals surface area contributed by atoms with E-state index < -0.39 is 39.4 Å². The Morgan fingerprint density at radius 3 is 2.67 bits per heavy atom. The first kappa shape index (κ1) is 29.8. The fourth-order valence-electron chi connectivity index (χ4n) is 4.59. The summed E-state index contributed by atoms with van der Waals surface area (Å²) in [7, 11) is -1.61. The van der Waals surface area contributed by atoms with E-state index in [2.05, 4.69) is 25.9 Å². The zero-order chi connectivity index (χ0) is 29.2. The van der Waals surface area contributed by atoms with Crippen molar-refractivity contribution in [3.8, 4) is 0 Å². The van der Waals surface area contributed by atoms with Gasteiger partial charge in [0.1, 0.15) is 16.9 Å². The van der Waals surface area contributed by atoms with Crippen molar-refractivity contribution in [2.24, 2.45) is 0 Å². The molecule has 4 rings (SSSR count). The maximum atomic E-state index is 13.6. The minimum atomic E-state index is -4.55. The lowest BCUT2D eigenvalue weighted by Crippen LogP contribution is -2.45. The quantitative estimate of drug-likeness (QED) is 0.119. The molecule has 1 aromatic heterocycles. The van der Waals surface area contributed by atoms with Crippen molar-refractivity contribution < 1.29 is 31.8 Å². The molecule has 0 bridgehead atoms. The number of Topliss-reactive ketones (excluding diaryl/α,β-unsaturated/α-hetero) is 1. The van der Waals surface area contributed by atoms with Crippen LogP contribution in [-0.4, -0.2) is 69.2 Å². The molecule has 2 aromatic carbocycles. The van der Waals surface area contributed by atoms with Gasteiger partial charge in [0.25, 0.3) is 0 Å². The van der Waals surface area contributed by atoms with E-state index in [1.54, 1.807) is 26.0 Å². The molecule has 1 aliphatic heterocycles. The third-order valence-electron chi connectivity index (χ3n) is 6.65. The second-order valence-electron chi connectivity index (χ2n) is 9.68. The number of ketones is 1. The number of halogens is 3. The number of carbonyl (C=O) groups excluding carboxylic acids is 1. The Hall–Kier alpha value is -3.17. The van der Waals surface area contributed by atoms with Crippen molar-refractivity contribution in [1.29, 1.82) is 0 Å². The van der Waals surface area contributed by atoms with Gasteiger partial charge >= 0.3 is 6.18 Å². The number of ether oxygens (including phenoxy) is 1. The number of carbonyl (C=O) groups is 1. The van der Waals surface area contributed by atoms with Crippen LogP contribution in [0.25, 0.3) is 10.9 Å². The predicted molar refractivity (Wildman–Crippen MR) is 151 cm³/mol. The van der Waals surface area contributed by atoms with Crippen LogP contribution in [0.1, 0.15) is 40.3 Å². The molecule has 10 nitrogen and oxygen atoms in total. The summed E-state index contributed by atoms with van der Waals surface area (Å²) in [4.78, 5) is 22.6. The molecule has 0 spiro atoms. The van der Waals surface area contributed by atoms with Gasteiger partial charge in [0.2, 0.25) is 0 Å². The Kier molecular flexibility index (Phi) is 8.75. The zero-order valence-electron chi connectivity index (χ0n) is 22.3. The normalized spacial score (nSPS) is 18.8. The molecule has 1 aliphatic rings. The summed E-state index contributed by atoms with van der Waals surface area (Å²) in [6, 6.07) is 6.02. The molecule has 2 heterocycles. The highest BCUT2D eigenvalue weighted by atomic mass is 32.3. The Morgan fingerprint density at radius 2 is 2.00 bits per heavy atom. The number of aryl methyl sites for hydroxylation is 1. The molecule has 7 N–H and O–H groups in total. The third kappa shape index (κ3) is 6.58. The van der Waals surface area contributed by atoms with Crippen LogP contribution in [0.2, 0.25) is 0 Å². The minimum Gasteiger partial charge on any atom is -0.399 e. The first-order chi connectivity index (χ1) is 18.8. The number of fused-ring (bicyclic) bond motifs is 1. The summed E-state index contributed by atoms with van der Waals surface area (Å²) in [5.74, 6) is 0.361. The molecule has 218 valence electrons. The molecule has 0 saturated carbocycles. The summed E-state index contributed by atoms with van der Waals surface area (Å²) < 4.78 is 66.5. The molecule has 14 heteroatoms. The highest BCUT2D eigenvalue weighted by Crippen LogP contribution is 2.47. The van der Waals surface area contributed by atoms with Crippen molar-refractivity contribution in [2.45, 2.75) is 31.3 Å². The standard InChI is InChI=1S/C26H33F3N6O4S/c1-14(16-8-17(26(27,28)29)10-18(30)9-16)33-25-20-12-21(32-4-6-39-3)19(11-22(20)34-15(2)35-25)24(36)23-13-31-5-7-40(23,37)38/h8-12,14,23,31-32,37-38H,4-7,13,30H2,1-3H3,(H,33,34,35)/t14-,23-/m1/s1. The zero-order valence-corrected chi connectivity index (χ0v) is 23.1. The average Bonchev–Trinajstić information content (AvgIpc) is 2.87. The lowest BCUT2D eigenvalue weighted by Gasteiger charge is -2.43. The number of benzene rings is 2. The molecular formula is C26H33F3N6O4S. The Morgan fingerprint density at radius 1 is 1.25 bits per heavy atom. The number of nitrogens with zero attached hydrogens (tertiary/aromatic N) is 2. The number of alkyl halides is 3. The van der Waals surface area contributed by atoms with E-state index in [1.165, 1.54) is 13.2 Å². The fraction of sp³-hybridized carbons (Fsp3) is 0.423. The smallest absolute Gasteiger partial charge is 0.399 e. The molecule has 1 fully saturated rings. The van der Waals surface area contributed by atoms with Crippen LogP contribution >= 0.6 is 10.6 Å². The molecular weight excluding hydrogens is 549 g/mol. The largest absolute Gasteiger partial charge is 0.416 e. The van der Waals surface area contributed by atoms with Crippen LogP contribution in [-0.2, 0) is 10.9 Å². The Labute approximate surface area is 231 Å². The van der Waals surface area contributed by atoms with E-state index in [1.807, 2.05) is 0 Å². The van der Waals surface area contributed by atoms with Gasteiger partial charge in [0, 0.05) is 49.1 Å². The number of rotatable bonds is 9. The van der Waals surface area contributed by atoms with Gasteiger partial charge in [-0.3, -0.25) is 13.9 Å². The number of nitrogens with one attached hydrogen (secondary N) is 3. The van der Waals surface area contributed by atoms with Crippen molar-refractivity contribution >= 4 is 44.5 Å². The number of aromatic nitrogens is 2. The highest BCUT2D eigenvalue weighted by molar-refractivity contribution is 8.25. The van der Waals surface area contributed by atoms with Gasteiger partial charge < -0.3 is 26.4 Å². The topological polar surface area (TPSA) is 155 Å². The molecule has 40 heavy (non-hydrogen) atoms. The van der Waals surface area contributed by atoms with Crippen LogP contribution in [0.4, 0.5) is 30.4 Å². The van der Waals surface area contributed by atoms with Gasteiger partial charge in [-0.25, -0.2) is 9.97 Å². The van der Waals surface area contributed by atoms with E-state index >= 15 is 0 Å². The summed E-state index contributed by atoms with van der Waals surface area (Å²) in [5.41, 5.74) is 6.28. The van der Waals surface area contributed by atoms with Gasteiger partial charge in [-0.2, -0.15) is 23.8 Å². The highest BCUT2D eigenvalue weighted by Gasteiger charge is 2.37. The van der Waals surface area contributed by atoms with Gasteiger partial charge in [0.05, 0.1) is 29.5 Å². The van der Waals surface area contributed by atoms with Crippen molar-refractivity contribution in [3.05, 3.63) is 52.8 Å². The van der Waals surface area contributed by atoms with Crippen molar-refractivity contribution in [2.75, 3.05) is 55.5 Å². The molecule has 0 radical (unpaired) electrons. The molecule has 0 unspecified atom stereocenters. The third-order valence-corrected chi connectivity index (χ3v) is 8.75. The number of methoxy groups -OCH3 is 1. The Balaban J connectivity index is 1.77. The van der Waals surface area contributed by atoms with Gasteiger partial charge in [-0.05, 0) is 49.7 Å². The first-order valence-electron chi connectivity index (χ1n) is 12.6. The summed E-state index contributed by atoms with van der Waals surface area (Å²) in [5, 5.41) is 8.88. The van der Waals surface area contributed by atoms with Crippen LogP contribution in [0.15, 0.2) is 30.3 Å². The van der Waals surface area contributed by atoms with Crippen LogP contribution in [0, 0.1) is 6.92 Å². The summed E-state index contributed by atoms with van der Waals surface area (Å²) in [6.07, 6.45) is -4.55.